The summed E-state index contributed by atoms with van der Waals surface area (Å²) in [7, 11) is 0. The lowest BCUT2D eigenvalue weighted by molar-refractivity contribution is -0.385. The molecular weight excluding hydrogens is 468 g/mol. The molecular formula is C24H26N6O6. The third-order valence-corrected chi connectivity index (χ3v) is 6.03. The molecule has 1 fully saturated rings. The number of carbonyl (C=O) groups is 1. The van der Waals surface area contributed by atoms with Crippen LogP contribution >= 0.6 is 0 Å². The summed E-state index contributed by atoms with van der Waals surface area (Å²) < 4.78 is 6.86. The van der Waals surface area contributed by atoms with E-state index >= 15 is 0 Å². The highest BCUT2D eigenvalue weighted by atomic mass is 16.6. The molecule has 3 aromatic rings. The summed E-state index contributed by atoms with van der Waals surface area (Å²) in [6, 6.07) is 11.0. The van der Waals surface area contributed by atoms with E-state index in [2.05, 4.69) is 5.10 Å². The van der Waals surface area contributed by atoms with Crippen LogP contribution in [0.25, 0.3) is 5.69 Å². The summed E-state index contributed by atoms with van der Waals surface area (Å²) in [6.45, 7) is 7.46. The first-order valence-corrected chi connectivity index (χ1v) is 11.5. The van der Waals surface area contributed by atoms with Crippen LogP contribution in [-0.4, -0.2) is 63.2 Å². The van der Waals surface area contributed by atoms with Crippen molar-refractivity contribution in [3.8, 4) is 11.4 Å². The maximum Gasteiger partial charge on any atom is 0.311 e. The molecule has 1 aliphatic rings. The van der Waals surface area contributed by atoms with Gasteiger partial charge in [-0.1, -0.05) is 0 Å². The highest BCUT2D eigenvalue weighted by Gasteiger charge is 2.27. The van der Waals surface area contributed by atoms with Crippen molar-refractivity contribution in [2.45, 2.75) is 20.8 Å². The van der Waals surface area contributed by atoms with E-state index in [9.17, 15) is 25.0 Å². The standard InChI is InChI=1S/C24H26N6O6/c1-4-36-23-8-5-18(14-22(23)30(34)35)24(31)27-11-9-26(10-12-27)19-6-7-20(29(32)33)21(15-19)28-17(3)13-16(2)25-28/h5-8,13-15H,4,9-12H2,1-3H3. The van der Waals surface area contributed by atoms with E-state index in [4.69, 9.17) is 4.74 Å². The van der Waals surface area contributed by atoms with Crippen LogP contribution in [0.2, 0.25) is 0 Å². The smallest absolute Gasteiger partial charge is 0.311 e. The van der Waals surface area contributed by atoms with Gasteiger partial charge in [0, 0.05) is 55.3 Å². The molecule has 36 heavy (non-hydrogen) atoms. The molecule has 12 heteroatoms. The highest BCUT2D eigenvalue weighted by molar-refractivity contribution is 5.95. The van der Waals surface area contributed by atoms with Crippen molar-refractivity contribution in [2.24, 2.45) is 0 Å². The fourth-order valence-electron chi connectivity index (χ4n) is 4.33. The van der Waals surface area contributed by atoms with Crippen molar-refractivity contribution in [3.05, 3.63) is 79.6 Å². The minimum atomic E-state index is -0.561. The SMILES string of the molecule is CCOc1ccc(C(=O)N2CCN(c3ccc([N+](=O)[O-])c(-n4nc(C)cc4C)c3)CC2)cc1[N+](=O)[O-]. The molecule has 2 aromatic carbocycles. The largest absolute Gasteiger partial charge is 0.487 e. The summed E-state index contributed by atoms with van der Waals surface area (Å²) in [5.41, 5.74) is 2.64. The number of hydrogen-bond acceptors (Lipinski definition) is 8. The lowest BCUT2D eigenvalue weighted by Crippen LogP contribution is -2.48. The minimum Gasteiger partial charge on any atom is -0.487 e. The first kappa shape index (κ1) is 24.6. The molecule has 0 bridgehead atoms. The quantitative estimate of drug-likeness (QED) is 0.358. The van der Waals surface area contributed by atoms with Crippen molar-refractivity contribution in [3.63, 3.8) is 0 Å². The number of aryl methyl sites for hydroxylation is 2. The fraction of sp³-hybridized carbons (Fsp3) is 0.333. The summed E-state index contributed by atoms with van der Waals surface area (Å²) in [6.07, 6.45) is 0. The van der Waals surface area contributed by atoms with Gasteiger partial charge < -0.3 is 14.5 Å². The Morgan fingerprint density at radius 2 is 1.67 bits per heavy atom. The number of nitro groups is 2. The van der Waals surface area contributed by atoms with Gasteiger partial charge in [-0.15, -0.1) is 0 Å². The van der Waals surface area contributed by atoms with Crippen molar-refractivity contribution in [2.75, 3.05) is 37.7 Å². The van der Waals surface area contributed by atoms with E-state index in [0.717, 1.165) is 17.1 Å². The van der Waals surface area contributed by atoms with E-state index in [-0.39, 0.29) is 35.2 Å². The van der Waals surface area contributed by atoms with Crippen LogP contribution in [0, 0.1) is 34.1 Å². The van der Waals surface area contributed by atoms with Crippen molar-refractivity contribution in [1.82, 2.24) is 14.7 Å². The molecule has 0 aliphatic carbocycles. The normalized spacial score (nSPS) is 13.5. The fourth-order valence-corrected chi connectivity index (χ4v) is 4.33. The van der Waals surface area contributed by atoms with Gasteiger partial charge in [0.1, 0.15) is 5.69 Å². The Hall–Kier alpha value is -4.48. The molecule has 12 nitrogen and oxygen atoms in total. The minimum absolute atomic E-state index is 0.0455. The topological polar surface area (TPSA) is 137 Å². The zero-order chi connectivity index (χ0) is 26.0. The van der Waals surface area contributed by atoms with Gasteiger partial charge in [0.2, 0.25) is 0 Å². The van der Waals surface area contributed by atoms with Gasteiger partial charge in [0.25, 0.3) is 11.6 Å². The second kappa shape index (κ2) is 10.0. The van der Waals surface area contributed by atoms with Gasteiger partial charge in [-0.05, 0) is 51.1 Å². The summed E-state index contributed by atoms with van der Waals surface area (Å²) >= 11 is 0. The first-order valence-electron chi connectivity index (χ1n) is 11.5. The highest BCUT2D eigenvalue weighted by Crippen LogP contribution is 2.31. The average molecular weight is 495 g/mol. The number of anilines is 1. The molecule has 0 atom stereocenters. The summed E-state index contributed by atoms with van der Waals surface area (Å²) in [5.74, 6) is -0.173. The molecule has 1 aromatic heterocycles. The summed E-state index contributed by atoms with van der Waals surface area (Å²) in [4.78, 5) is 38.8. The Morgan fingerprint density at radius 3 is 2.25 bits per heavy atom. The van der Waals surface area contributed by atoms with E-state index in [1.165, 1.54) is 24.3 Å². The molecule has 2 heterocycles. The second-order valence-corrected chi connectivity index (χ2v) is 8.42. The van der Waals surface area contributed by atoms with Crippen LogP contribution in [0.4, 0.5) is 17.1 Å². The molecule has 1 aliphatic heterocycles. The lowest BCUT2D eigenvalue weighted by Gasteiger charge is -2.36. The predicted octanol–water partition coefficient (Wildman–Crippen LogP) is 3.67. The monoisotopic (exact) mass is 494 g/mol. The molecule has 0 unspecified atom stereocenters. The van der Waals surface area contributed by atoms with Gasteiger partial charge in [-0.3, -0.25) is 25.0 Å². The predicted molar refractivity (Wildman–Crippen MR) is 132 cm³/mol. The maximum absolute atomic E-state index is 13.0. The van der Waals surface area contributed by atoms with E-state index < -0.39 is 9.85 Å². The Labute approximate surface area is 207 Å². The van der Waals surface area contributed by atoms with Crippen LogP contribution in [0.1, 0.15) is 28.7 Å². The number of rotatable bonds is 7. The Kier molecular flexibility index (Phi) is 6.86. The molecule has 0 saturated carbocycles. The van der Waals surface area contributed by atoms with Crippen LogP contribution in [0.3, 0.4) is 0 Å². The third-order valence-electron chi connectivity index (χ3n) is 6.03. The van der Waals surface area contributed by atoms with E-state index in [0.29, 0.717) is 31.9 Å². The van der Waals surface area contributed by atoms with Gasteiger partial charge >= 0.3 is 5.69 Å². The van der Waals surface area contributed by atoms with Crippen LogP contribution < -0.4 is 9.64 Å². The Bertz CT molecular complexity index is 1330. The van der Waals surface area contributed by atoms with Crippen LogP contribution in [0.5, 0.6) is 5.75 Å². The number of carbonyl (C=O) groups excluding carboxylic acids is 1. The molecule has 0 radical (unpaired) electrons. The number of ether oxygens (including phenoxy) is 1. The molecule has 0 N–H and O–H groups in total. The lowest BCUT2D eigenvalue weighted by atomic mass is 10.1. The maximum atomic E-state index is 13.0. The number of hydrogen-bond donors (Lipinski definition) is 0. The molecule has 4 rings (SSSR count). The number of aromatic nitrogens is 2. The number of benzene rings is 2. The van der Waals surface area contributed by atoms with Crippen molar-refractivity contribution < 1.29 is 19.4 Å². The van der Waals surface area contributed by atoms with E-state index in [1.54, 1.807) is 28.6 Å². The second-order valence-electron chi connectivity index (χ2n) is 8.42. The van der Waals surface area contributed by atoms with E-state index in [1.807, 2.05) is 24.8 Å². The number of nitro benzene ring substituents is 2. The van der Waals surface area contributed by atoms with Gasteiger partial charge in [0.15, 0.2) is 5.75 Å². The van der Waals surface area contributed by atoms with Gasteiger partial charge in [-0.2, -0.15) is 5.10 Å². The number of nitrogens with zero attached hydrogens (tertiary/aromatic N) is 6. The molecule has 188 valence electrons. The number of piperazine rings is 1. The van der Waals surface area contributed by atoms with Crippen molar-refractivity contribution >= 4 is 23.0 Å². The first-order chi connectivity index (χ1) is 17.2. The van der Waals surface area contributed by atoms with Crippen molar-refractivity contribution in [1.29, 1.82) is 0 Å². The van der Waals surface area contributed by atoms with Gasteiger partial charge in [-0.25, -0.2) is 4.68 Å². The molecule has 0 spiro atoms. The Balaban J connectivity index is 1.52. The summed E-state index contributed by atoms with van der Waals surface area (Å²) in [5, 5.41) is 27.4. The average Bonchev–Trinajstić information content (AvgIpc) is 3.21. The van der Waals surface area contributed by atoms with Crippen LogP contribution in [0.15, 0.2) is 42.5 Å². The Morgan fingerprint density at radius 1 is 0.972 bits per heavy atom. The zero-order valence-corrected chi connectivity index (χ0v) is 20.2. The number of amides is 1. The third kappa shape index (κ3) is 4.83. The molecule has 1 amide bonds. The van der Waals surface area contributed by atoms with Crippen LogP contribution in [-0.2, 0) is 0 Å². The molecule has 1 saturated heterocycles. The van der Waals surface area contributed by atoms with Gasteiger partial charge in [0.05, 0.1) is 22.1 Å². The zero-order valence-electron chi connectivity index (χ0n) is 20.2.